The molecule has 0 fully saturated rings. The van der Waals surface area contributed by atoms with Crippen LogP contribution in [0, 0.1) is 5.41 Å². The first kappa shape index (κ1) is 19.8. The van der Waals surface area contributed by atoms with Crippen LogP contribution in [0.15, 0.2) is 58.4 Å². The normalized spacial score (nSPS) is 16.9. The van der Waals surface area contributed by atoms with Gasteiger partial charge in [0.2, 0.25) is 5.75 Å². The number of methoxy groups -OCH3 is 3. The summed E-state index contributed by atoms with van der Waals surface area (Å²) < 4.78 is 16.1. The molecule has 2 aliphatic heterocycles. The summed E-state index contributed by atoms with van der Waals surface area (Å²) in [7, 11) is 4.57. The molecule has 4 rings (SSSR count). The first-order valence-electron chi connectivity index (χ1n) is 9.03. The largest absolute Gasteiger partial charge is 0.493 e. The third kappa shape index (κ3) is 3.35. The van der Waals surface area contributed by atoms with E-state index < -0.39 is 5.91 Å². The van der Waals surface area contributed by atoms with Gasteiger partial charge in [0, 0.05) is 5.41 Å². The summed E-state index contributed by atoms with van der Waals surface area (Å²) in [4.78, 5) is 18.6. The Morgan fingerprint density at radius 2 is 1.70 bits per heavy atom. The van der Waals surface area contributed by atoms with Gasteiger partial charge in [0.25, 0.3) is 5.91 Å². The Labute approximate surface area is 178 Å². The lowest BCUT2D eigenvalue weighted by Gasteiger charge is -2.27. The van der Waals surface area contributed by atoms with E-state index in [1.165, 1.54) is 33.1 Å². The van der Waals surface area contributed by atoms with Crippen LogP contribution in [0.2, 0.25) is 0 Å². The summed E-state index contributed by atoms with van der Waals surface area (Å²) in [6.45, 7) is 0. The van der Waals surface area contributed by atoms with E-state index in [4.69, 9.17) is 19.6 Å². The fraction of sp³-hybridized carbons (Fsp3) is 0.136. The zero-order valence-electron chi connectivity index (χ0n) is 16.6. The van der Waals surface area contributed by atoms with Gasteiger partial charge < -0.3 is 14.2 Å². The van der Waals surface area contributed by atoms with Crippen molar-refractivity contribution >= 4 is 40.4 Å². The number of hydrogen-bond acceptors (Lipinski definition) is 6. The molecule has 2 aromatic carbocycles. The van der Waals surface area contributed by atoms with Gasteiger partial charge in [-0.15, -0.1) is 0 Å². The van der Waals surface area contributed by atoms with E-state index in [1.54, 1.807) is 23.1 Å². The average Bonchev–Trinajstić information content (AvgIpc) is 3.20. The van der Waals surface area contributed by atoms with Gasteiger partial charge >= 0.3 is 0 Å². The minimum atomic E-state index is -0.463. The molecule has 0 aliphatic carbocycles. The van der Waals surface area contributed by atoms with E-state index in [9.17, 15) is 4.79 Å². The predicted molar refractivity (Wildman–Crippen MR) is 118 cm³/mol. The molecule has 0 aromatic heterocycles. The van der Waals surface area contributed by atoms with Crippen molar-refractivity contribution in [1.29, 1.82) is 5.41 Å². The molecule has 2 aromatic rings. The lowest BCUT2D eigenvalue weighted by Crippen LogP contribution is -2.38. The number of aliphatic imine (C=N–C) groups is 1. The van der Waals surface area contributed by atoms with Crippen molar-refractivity contribution in [3.05, 3.63) is 64.6 Å². The number of thioether (sulfide) groups is 1. The second-order valence-corrected chi connectivity index (χ2v) is 7.22. The van der Waals surface area contributed by atoms with Gasteiger partial charge in [-0.2, -0.15) is 4.99 Å². The number of nitrogens with zero attached hydrogens (tertiary/aromatic N) is 2. The van der Waals surface area contributed by atoms with Gasteiger partial charge in [-0.05, 0) is 29.3 Å². The molecule has 8 heteroatoms. The molecule has 0 radical (unpaired) electrons. The summed E-state index contributed by atoms with van der Waals surface area (Å²) in [5.41, 5.74) is 2.57. The van der Waals surface area contributed by atoms with Crippen molar-refractivity contribution < 1.29 is 19.0 Å². The molecule has 0 saturated carbocycles. The molecule has 0 atom stereocenters. The first-order valence-corrected chi connectivity index (χ1v) is 9.91. The average molecular weight is 421 g/mol. The molecule has 2 heterocycles. The van der Waals surface area contributed by atoms with E-state index in [0.717, 1.165) is 11.3 Å². The maximum absolute atomic E-state index is 12.7. The molecule has 2 aliphatic rings. The van der Waals surface area contributed by atoms with Gasteiger partial charge in [0.05, 0.1) is 32.6 Å². The van der Waals surface area contributed by atoms with Gasteiger partial charge in [0.1, 0.15) is 5.84 Å². The second kappa shape index (κ2) is 8.08. The van der Waals surface area contributed by atoms with Gasteiger partial charge in [-0.25, -0.2) is 0 Å². The highest BCUT2D eigenvalue weighted by Crippen LogP contribution is 2.40. The number of rotatable bonds is 5. The lowest BCUT2D eigenvalue weighted by molar-refractivity contribution is -0.114. The molecule has 7 nitrogen and oxygen atoms in total. The topological polar surface area (TPSA) is 84.2 Å². The summed E-state index contributed by atoms with van der Waals surface area (Å²) >= 11 is 1.33. The summed E-state index contributed by atoms with van der Waals surface area (Å²) in [5, 5.41) is 11.1. The Kier molecular flexibility index (Phi) is 5.33. The monoisotopic (exact) mass is 421 g/mol. The predicted octanol–water partition coefficient (Wildman–Crippen LogP) is 4.02. The van der Waals surface area contributed by atoms with Crippen LogP contribution in [0.3, 0.4) is 0 Å². The third-order valence-corrected chi connectivity index (χ3v) is 5.51. The van der Waals surface area contributed by atoms with Crippen molar-refractivity contribution in [2.45, 2.75) is 0 Å². The fourth-order valence-electron chi connectivity index (χ4n) is 3.27. The first-order chi connectivity index (χ1) is 14.6. The molecule has 30 heavy (non-hydrogen) atoms. The maximum atomic E-state index is 12.7. The van der Waals surface area contributed by atoms with Gasteiger partial charge in [-0.3, -0.25) is 15.1 Å². The number of nitrogens with one attached hydrogen (secondary N) is 1. The van der Waals surface area contributed by atoms with Crippen molar-refractivity contribution in [1.82, 2.24) is 4.90 Å². The summed E-state index contributed by atoms with van der Waals surface area (Å²) in [6.07, 6.45) is 1.61. The van der Waals surface area contributed by atoms with E-state index >= 15 is 0 Å². The molecule has 0 unspecified atom stereocenters. The standard InChI is InChI=1S/C22H19N3O4S/c1-27-17-10-13(11-18(28-2)19(17)29-3)9-15-20(23)25-16(14-7-5-4-6-8-14)12-30-22(25)24-21(15)26/h4-12,23H,1-3H3. The second-order valence-electron chi connectivity index (χ2n) is 6.39. The Bertz CT molecular complexity index is 1100. The minimum absolute atomic E-state index is 0.0684. The van der Waals surface area contributed by atoms with Crippen LogP contribution in [-0.2, 0) is 4.79 Å². The lowest BCUT2D eigenvalue weighted by atomic mass is 10.1. The van der Waals surface area contributed by atoms with E-state index in [2.05, 4.69) is 4.99 Å². The highest BCUT2D eigenvalue weighted by atomic mass is 32.2. The zero-order chi connectivity index (χ0) is 21.3. The number of carbonyl (C=O) groups excluding carboxylic acids is 1. The van der Waals surface area contributed by atoms with E-state index in [0.29, 0.717) is 28.0 Å². The van der Waals surface area contributed by atoms with Crippen molar-refractivity contribution in [3.63, 3.8) is 0 Å². The van der Waals surface area contributed by atoms with Gasteiger partial charge in [0.15, 0.2) is 16.7 Å². The van der Waals surface area contributed by atoms with E-state index in [1.807, 2.05) is 35.7 Å². The molecule has 1 amide bonds. The fourth-order valence-corrected chi connectivity index (χ4v) is 4.15. The molecule has 1 N–H and O–H groups in total. The van der Waals surface area contributed by atoms with Crippen molar-refractivity contribution in [3.8, 4) is 17.2 Å². The quantitative estimate of drug-likeness (QED) is 0.734. The third-order valence-electron chi connectivity index (χ3n) is 4.68. The smallest absolute Gasteiger partial charge is 0.283 e. The van der Waals surface area contributed by atoms with Crippen LogP contribution in [0.4, 0.5) is 0 Å². The summed E-state index contributed by atoms with van der Waals surface area (Å²) in [5.74, 6) is 0.986. The molecule has 0 spiro atoms. The molecular formula is C22H19N3O4S. The molecule has 0 saturated heterocycles. The van der Waals surface area contributed by atoms with Crippen LogP contribution >= 0.6 is 11.8 Å². The Balaban J connectivity index is 1.76. The Morgan fingerprint density at radius 1 is 1.03 bits per heavy atom. The molecule has 152 valence electrons. The molecule has 0 bridgehead atoms. The van der Waals surface area contributed by atoms with Crippen molar-refractivity contribution in [2.75, 3.05) is 21.3 Å². The van der Waals surface area contributed by atoms with Crippen LogP contribution in [-0.4, -0.2) is 43.1 Å². The summed E-state index contributed by atoms with van der Waals surface area (Å²) in [6, 6.07) is 13.2. The molecular weight excluding hydrogens is 402 g/mol. The van der Waals surface area contributed by atoms with E-state index in [-0.39, 0.29) is 11.4 Å². The highest BCUT2D eigenvalue weighted by Gasteiger charge is 2.36. The highest BCUT2D eigenvalue weighted by molar-refractivity contribution is 8.17. The zero-order valence-corrected chi connectivity index (χ0v) is 17.4. The Hall–Kier alpha value is -3.52. The number of amidine groups is 2. The van der Waals surface area contributed by atoms with Crippen LogP contribution < -0.4 is 14.2 Å². The number of ether oxygens (including phenoxy) is 3. The minimum Gasteiger partial charge on any atom is -0.493 e. The number of carbonyl (C=O) groups is 1. The Morgan fingerprint density at radius 3 is 2.30 bits per heavy atom. The maximum Gasteiger partial charge on any atom is 0.283 e. The van der Waals surface area contributed by atoms with Crippen molar-refractivity contribution in [2.24, 2.45) is 4.99 Å². The number of benzene rings is 2. The van der Waals surface area contributed by atoms with Crippen LogP contribution in [0.25, 0.3) is 11.8 Å². The van der Waals surface area contributed by atoms with Crippen LogP contribution in [0.5, 0.6) is 17.2 Å². The van der Waals surface area contributed by atoms with Crippen LogP contribution in [0.1, 0.15) is 11.1 Å². The number of fused-ring (bicyclic) bond motifs is 1. The SMILES string of the molecule is COc1cc(C=C2C(=N)N3C(c4ccccc4)=CSC3=NC2=O)cc(OC)c1OC. The number of hydrogen-bond donors (Lipinski definition) is 1. The van der Waals surface area contributed by atoms with Gasteiger partial charge in [-0.1, -0.05) is 42.1 Å². The number of amides is 1.